The average Bonchev–Trinajstić information content (AvgIpc) is 2.81. The number of aliphatic hydroxyl groups excluding tert-OH is 1. The minimum atomic E-state index is -1.97. The molecule has 2 aliphatic carbocycles. The second kappa shape index (κ2) is 11.4. The van der Waals surface area contributed by atoms with Gasteiger partial charge in [-0.2, -0.15) is 0 Å². The van der Waals surface area contributed by atoms with E-state index in [0.29, 0.717) is 13.2 Å². The van der Waals surface area contributed by atoms with Crippen LogP contribution in [0.5, 0.6) is 5.75 Å². The van der Waals surface area contributed by atoms with Crippen molar-refractivity contribution in [2.75, 3.05) is 27.6 Å². The Labute approximate surface area is 220 Å². The van der Waals surface area contributed by atoms with E-state index < -0.39 is 19.8 Å². The van der Waals surface area contributed by atoms with E-state index in [1.54, 1.807) is 14.2 Å². The predicted molar refractivity (Wildman–Crippen MR) is 146 cm³/mol. The third kappa shape index (κ3) is 6.02. The summed E-state index contributed by atoms with van der Waals surface area (Å²) in [6, 6.07) is 7.95. The van der Waals surface area contributed by atoms with Crippen molar-refractivity contribution in [3.05, 3.63) is 29.8 Å². The van der Waals surface area contributed by atoms with E-state index >= 15 is 0 Å². The van der Waals surface area contributed by atoms with E-state index in [0.717, 1.165) is 37.0 Å². The van der Waals surface area contributed by atoms with Gasteiger partial charge in [0.15, 0.2) is 8.32 Å². The van der Waals surface area contributed by atoms with Crippen LogP contribution in [0.2, 0.25) is 18.1 Å². The first-order valence-electron chi connectivity index (χ1n) is 13.5. The molecule has 2 aliphatic rings. The molecule has 2 fully saturated rings. The Bertz CT molecular complexity index is 837. The fraction of sp³-hybridized carbons (Fsp3) is 0.793. The Morgan fingerprint density at radius 1 is 1.03 bits per heavy atom. The largest absolute Gasteiger partial charge is 0.497 e. The van der Waals surface area contributed by atoms with E-state index in [4.69, 9.17) is 23.4 Å². The highest BCUT2D eigenvalue weighted by Crippen LogP contribution is 2.60. The smallest absolute Gasteiger partial charge is 0.192 e. The van der Waals surface area contributed by atoms with Gasteiger partial charge in [0.25, 0.3) is 0 Å². The van der Waals surface area contributed by atoms with Gasteiger partial charge in [0.05, 0.1) is 38.6 Å². The van der Waals surface area contributed by atoms with Gasteiger partial charge in [-0.05, 0) is 66.9 Å². The molecule has 2 saturated carbocycles. The van der Waals surface area contributed by atoms with Gasteiger partial charge in [-0.15, -0.1) is 0 Å². The maximum Gasteiger partial charge on any atom is 0.192 e. The first-order chi connectivity index (χ1) is 16.8. The van der Waals surface area contributed by atoms with E-state index in [1.807, 2.05) is 24.3 Å². The number of fused-ring (bicyclic) bond motifs is 1. The van der Waals surface area contributed by atoms with Crippen LogP contribution in [0, 0.1) is 16.7 Å². The molecule has 0 saturated heterocycles. The van der Waals surface area contributed by atoms with Crippen molar-refractivity contribution in [2.45, 2.75) is 103 Å². The quantitative estimate of drug-likeness (QED) is 0.293. The Hall–Kier alpha value is -0.963. The van der Waals surface area contributed by atoms with Crippen LogP contribution in [0.1, 0.15) is 65.9 Å². The number of benzene rings is 1. The van der Waals surface area contributed by atoms with Crippen LogP contribution in [0.15, 0.2) is 24.3 Å². The van der Waals surface area contributed by atoms with Crippen LogP contribution in [0.25, 0.3) is 0 Å². The predicted octanol–water partition coefficient (Wildman–Crippen LogP) is 6.17. The first kappa shape index (κ1) is 29.6. The highest BCUT2D eigenvalue weighted by Gasteiger charge is 2.62. The molecular weight excluding hydrogens is 472 g/mol. The Balaban J connectivity index is 1.87. The lowest BCUT2D eigenvalue weighted by atomic mass is 9.48. The van der Waals surface area contributed by atoms with Crippen LogP contribution in [0.3, 0.4) is 0 Å². The molecular formula is C29H50O6Si. The molecule has 0 aromatic heterocycles. The summed E-state index contributed by atoms with van der Waals surface area (Å²) in [6.07, 6.45) is 3.17. The summed E-state index contributed by atoms with van der Waals surface area (Å²) in [6.45, 7) is 17.3. The maximum absolute atomic E-state index is 11.4. The molecule has 6 nitrogen and oxygen atoms in total. The first-order valence-corrected chi connectivity index (χ1v) is 16.4. The highest BCUT2D eigenvalue weighted by molar-refractivity contribution is 6.74. The van der Waals surface area contributed by atoms with Gasteiger partial charge < -0.3 is 28.5 Å². The molecule has 3 rings (SSSR count). The lowest BCUT2D eigenvalue weighted by molar-refractivity contribution is -0.239. The molecule has 0 radical (unpaired) electrons. The Kier molecular flexibility index (Phi) is 9.39. The van der Waals surface area contributed by atoms with E-state index in [2.05, 4.69) is 47.7 Å². The normalized spacial score (nSPS) is 33.3. The van der Waals surface area contributed by atoms with E-state index in [9.17, 15) is 5.11 Å². The molecule has 0 heterocycles. The summed E-state index contributed by atoms with van der Waals surface area (Å²) in [5.74, 6) is 0.917. The summed E-state index contributed by atoms with van der Waals surface area (Å²) in [5, 5.41) is 11.6. The summed E-state index contributed by atoms with van der Waals surface area (Å²) in [7, 11) is 1.36. The van der Waals surface area contributed by atoms with Gasteiger partial charge in [0, 0.05) is 18.4 Å². The van der Waals surface area contributed by atoms with Gasteiger partial charge in [-0.3, -0.25) is 0 Å². The number of ether oxygens (including phenoxy) is 4. The van der Waals surface area contributed by atoms with Gasteiger partial charge in [0.1, 0.15) is 12.5 Å². The Morgan fingerprint density at radius 2 is 1.69 bits per heavy atom. The standard InChI is InChI=1S/C29H50O6Si/c1-27(2,3)36(8,9)35-25-15-14-23(34-20-31-6)26-28(25,4)17-16-24(30)29(26,5)19-33-18-21-10-12-22(32-7)13-11-21/h10-13,23-26,30H,14-20H2,1-9H3/t23-,24-,25-,26+,28+,29-/m1/s1. The van der Waals surface area contributed by atoms with Crippen molar-refractivity contribution >= 4 is 8.32 Å². The summed E-state index contributed by atoms with van der Waals surface area (Å²) in [5.41, 5.74) is 0.499. The van der Waals surface area contributed by atoms with Crippen molar-refractivity contribution in [3.8, 4) is 5.75 Å². The van der Waals surface area contributed by atoms with Crippen molar-refractivity contribution in [2.24, 2.45) is 16.7 Å². The van der Waals surface area contributed by atoms with Crippen molar-refractivity contribution in [1.82, 2.24) is 0 Å². The van der Waals surface area contributed by atoms with Crippen molar-refractivity contribution in [1.29, 1.82) is 0 Å². The molecule has 0 unspecified atom stereocenters. The molecule has 7 heteroatoms. The van der Waals surface area contributed by atoms with Crippen molar-refractivity contribution in [3.63, 3.8) is 0 Å². The van der Waals surface area contributed by atoms with Crippen LogP contribution in [-0.4, -0.2) is 59.4 Å². The summed E-state index contributed by atoms with van der Waals surface area (Å²) < 4.78 is 30.3. The molecule has 0 spiro atoms. The maximum atomic E-state index is 11.4. The fourth-order valence-electron chi connectivity index (χ4n) is 6.27. The molecule has 0 amide bonds. The fourth-order valence-corrected chi connectivity index (χ4v) is 7.73. The minimum absolute atomic E-state index is 0.0150. The number of hydrogen-bond donors (Lipinski definition) is 1. The number of hydrogen-bond acceptors (Lipinski definition) is 6. The molecule has 1 aromatic carbocycles. The van der Waals surface area contributed by atoms with Gasteiger partial charge in [-0.1, -0.05) is 46.8 Å². The number of methoxy groups -OCH3 is 2. The number of rotatable bonds is 10. The second-order valence-electron chi connectivity index (χ2n) is 12.9. The Morgan fingerprint density at radius 3 is 2.28 bits per heavy atom. The molecule has 6 atom stereocenters. The monoisotopic (exact) mass is 522 g/mol. The summed E-state index contributed by atoms with van der Waals surface area (Å²) in [4.78, 5) is 0. The minimum Gasteiger partial charge on any atom is -0.497 e. The molecule has 1 N–H and O–H groups in total. The zero-order valence-electron chi connectivity index (χ0n) is 24.1. The van der Waals surface area contributed by atoms with Crippen LogP contribution in [-0.2, 0) is 25.2 Å². The highest BCUT2D eigenvalue weighted by atomic mass is 28.4. The molecule has 0 aliphatic heterocycles. The second-order valence-corrected chi connectivity index (χ2v) is 17.7. The van der Waals surface area contributed by atoms with Gasteiger partial charge >= 0.3 is 0 Å². The topological polar surface area (TPSA) is 66.4 Å². The van der Waals surface area contributed by atoms with Crippen molar-refractivity contribution < 1.29 is 28.5 Å². The third-order valence-corrected chi connectivity index (χ3v) is 13.9. The average molecular weight is 523 g/mol. The zero-order chi connectivity index (χ0) is 26.8. The van der Waals surface area contributed by atoms with E-state index in [-0.39, 0.29) is 35.4 Å². The SMILES string of the molecule is COCO[C@@H]1CC[C@@H](O[Si](C)(C)C(C)(C)C)[C@]2(C)CC[C@@H](O)[C@@](C)(COCc3ccc(OC)cc3)[C@@H]12. The van der Waals surface area contributed by atoms with Gasteiger partial charge in [-0.25, -0.2) is 0 Å². The lowest BCUT2D eigenvalue weighted by Crippen LogP contribution is -2.65. The summed E-state index contributed by atoms with van der Waals surface area (Å²) >= 11 is 0. The van der Waals surface area contributed by atoms with Gasteiger partial charge in [0.2, 0.25) is 0 Å². The lowest BCUT2D eigenvalue weighted by Gasteiger charge is -2.62. The van der Waals surface area contributed by atoms with Crippen LogP contribution >= 0.6 is 0 Å². The van der Waals surface area contributed by atoms with E-state index in [1.165, 1.54) is 0 Å². The molecule has 0 bridgehead atoms. The molecule has 206 valence electrons. The zero-order valence-corrected chi connectivity index (χ0v) is 25.1. The molecule has 1 aromatic rings. The third-order valence-electron chi connectivity index (χ3n) is 9.44. The van der Waals surface area contributed by atoms with Crippen LogP contribution < -0.4 is 4.74 Å². The number of aliphatic hydroxyl groups is 1. The molecule has 36 heavy (non-hydrogen) atoms. The van der Waals surface area contributed by atoms with Crippen LogP contribution in [0.4, 0.5) is 0 Å².